The lowest BCUT2D eigenvalue weighted by Crippen LogP contribution is -2.29. The molecule has 0 aromatic heterocycles. The summed E-state index contributed by atoms with van der Waals surface area (Å²) in [6.07, 6.45) is 0. The summed E-state index contributed by atoms with van der Waals surface area (Å²) in [5.41, 5.74) is 1.19. The van der Waals surface area contributed by atoms with Crippen molar-refractivity contribution in [2.45, 2.75) is 13.0 Å². The molecule has 1 saturated heterocycles. The number of phenolic OH excluding ortho intramolecular Hbond substituents is 1. The van der Waals surface area contributed by atoms with E-state index in [0.717, 1.165) is 0 Å². The van der Waals surface area contributed by atoms with Crippen LogP contribution in [-0.4, -0.2) is 28.5 Å². The SMILES string of the molecule is CCOc1ccc(/C(O)=C2\C(=O)C(=O)N(c3ccccc3O)C2c2ccccc2)cc1. The summed E-state index contributed by atoms with van der Waals surface area (Å²) in [6.45, 7) is 2.37. The lowest BCUT2D eigenvalue weighted by molar-refractivity contribution is -0.132. The largest absolute Gasteiger partial charge is 0.507 e. The fourth-order valence-electron chi connectivity index (χ4n) is 3.73. The lowest BCUT2D eigenvalue weighted by atomic mass is 9.95. The Balaban J connectivity index is 1.89. The van der Waals surface area contributed by atoms with Crippen molar-refractivity contribution in [3.8, 4) is 11.5 Å². The minimum Gasteiger partial charge on any atom is -0.507 e. The summed E-state index contributed by atoms with van der Waals surface area (Å²) < 4.78 is 5.43. The first-order chi connectivity index (χ1) is 15.0. The van der Waals surface area contributed by atoms with Gasteiger partial charge < -0.3 is 14.9 Å². The molecule has 6 nitrogen and oxygen atoms in total. The first-order valence-corrected chi connectivity index (χ1v) is 9.90. The minimum atomic E-state index is -0.888. The number of anilines is 1. The van der Waals surface area contributed by atoms with Crippen LogP contribution in [0.2, 0.25) is 0 Å². The highest BCUT2D eigenvalue weighted by atomic mass is 16.5. The molecule has 0 saturated carbocycles. The van der Waals surface area contributed by atoms with Crippen molar-refractivity contribution in [3.63, 3.8) is 0 Å². The number of aliphatic hydroxyl groups is 1. The average Bonchev–Trinajstić information content (AvgIpc) is 3.05. The Morgan fingerprint density at radius 2 is 1.58 bits per heavy atom. The Kier molecular flexibility index (Phi) is 5.45. The highest BCUT2D eigenvalue weighted by molar-refractivity contribution is 6.51. The number of ketones is 1. The molecule has 156 valence electrons. The molecule has 0 aliphatic carbocycles. The highest BCUT2D eigenvalue weighted by Gasteiger charge is 2.47. The van der Waals surface area contributed by atoms with Crippen LogP contribution in [0, 0.1) is 0 Å². The number of carbonyl (C=O) groups excluding carboxylic acids is 2. The van der Waals surface area contributed by atoms with Crippen LogP contribution in [-0.2, 0) is 9.59 Å². The first-order valence-electron chi connectivity index (χ1n) is 9.90. The number of phenols is 1. The molecule has 1 aliphatic rings. The molecular formula is C25H21NO5. The highest BCUT2D eigenvalue weighted by Crippen LogP contribution is 2.44. The zero-order valence-corrected chi connectivity index (χ0v) is 16.9. The van der Waals surface area contributed by atoms with Crippen molar-refractivity contribution in [3.05, 3.63) is 95.6 Å². The molecule has 1 heterocycles. The molecule has 6 heteroatoms. The molecule has 2 N–H and O–H groups in total. The second kappa shape index (κ2) is 8.36. The summed E-state index contributed by atoms with van der Waals surface area (Å²) in [7, 11) is 0. The van der Waals surface area contributed by atoms with E-state index in [0.29, 0.717) is 23.5 Å². The molecule has 0 bridgehead atoms. The standard InChI is InChI=1S/C25H21NO5/c1-2-31-18-14-12-17(13-15-18)23(28)21-22(16-8-4-3-5-9-16)26(25(30)24(21)29)19-10-6-7-11-20(19)27/h3-15,22,27-28H,2H2,1H3/b23-21+. The van der Waals surface area contributed by atoms with E-state index in [9.17, 15) is 19.8 Å². The summed E-state index contributed by atoms with van der Waals surface area (Å²) >= 11 is 0. The molecule has 31 heavy (non-hydrogen) atoms. The van der Waals surface area contributed by atoms with Gasteiger partial charge in [-0.3, -0.25) is 14.5 Å². The Bertz CT molecular complexity index is 1150. The third-order valence-electron chi connectivity index (χ3n) is 5.14. The number of hydrogen-bond donors (Lipinski definition) is 2. The minimum absolute atomic E-state index is 0.0383. The van der Waals surface area contributed by atoms with E-state index in [2.05, 4.69) is 0 Å². The maximum atomic E-state index is 13.1. The van der Waals surface area contributed by atoms with Gasteiger partial charge in [-0.25, -0.2) is 0 Å². The number of hydrogen-bond acceptors (Lipinski definition) is 5. The van der Waals surface area contributed by atoms with Gasteiger partial charge in [0.15, 0.2) is 0 Å². The van der Waals surface area contributed by atoms with Crippen molar-refractivity contribution in [2.24, 2.45) is 0 Å². The predicted octanol–water partition coefficient (Wildman–Crippen LogP) is 4.42. The van der Waals surface area contributed by atoms with E-state index in [-0.39, 0.29) is 22.8 Å². The number of carbonyl (C=O) groups is 2. The Hall–Kier alpha value is -4.06. The first kappa shape index (κ1) is 20.2. The number of rotatable bonds is 5. The van der Waals surface area contributed by atoms with Crippen molar-refractivity contribution in [1.82, 2.24) is 0 Å². The molecule has 0 spiro atoms. The molecular weight excluding hydrogens is 394 g/mol. The summed E-state index contributed by atoms with van der Waals surface area (Å²) in [5, 5.41) is 21.4. The third kappa shape index (κ3) is 3.64. The van der Waals surface area contributed by atoms with Crippen LogP contribution in [0.1, 0.15) is 24.1 Å². The predicted molar refractivity (Wildman–Crippen MR) is 117 cm³/mol. The molecule has 3 aromatic rings. The third-order valence-corrected chi connectivity index (χ3v) is 5.14. The average molecular weight is 415 g/mol. The van der Waals surface area contributed by atoms with Crippen LogP contribution in [0.25, 0.3) is 5.76 Å². The van der Waals surface area contributed by atoms with Gasteiger partial charge >= 0.3 is 0 Å². The summed E-state index contributed by atoms with van der Waals surface area (Å²) in [6, 6.07) is 21.0. The van der Waals surface area contributed by atoms with Crippen LogP contribution in [0.15, 0.2) is 84.4 Å². The number of aliphatic hydroxyl groups excluding tert-OH is 1. The molecule has 1 unspecified atom stereocenters. The lowest BCUT2D eigenvalue weighted by Gasteiger charge is -2.26. The van der Waals surface area contributed by atoms with Gasteiger partial charge in [0.1, 0.15) is 17.3 Å². The van der Waals surface area contributed by atoms with Gasteiger partial charge in [-0.2, -0.15) is 0 Å². The summed E-state index contributed by atoms with van der Waals surface area (Å²) in [5.74, 6) is -1.42. The van der Waals surface area contributed by atoms with Gasteiger partial charge in [-0.15, -0.1) is 0 Å². The van der Waals surface area contributed by atoms with Gasteiger partial charge in [0, 0.05) is 5.56 Å². The van der Waals surface area contributed by atoms with Crippen molar-refractivity contribution in [1.29, 1.82) is 0 Å². The molecule has 1 fully saturated rings. The fourth-order valence-corrected chi connectivity index (χ4v) is 3.73. The smallest absolute Gasteiger partial charge is 0.300 e. The van der Waals surface area contributed by atoms with Gasteiger partial charge in [0.25, 0.3) is 11.7 Å². The van der Waals surface area contributed by atoms with Crippen molar-refractivity contribution < 1.29 is 24.5 Å². The maximum absolute atomic E-state index is 13.1. The number of amides is 1. The van der Waals surface area contributed by atoms with E-state index in [1.807, 2.05) is 13.0 Å². The van der Waals surface area contributed by atoms with Crippen LogP contribution in [0.5, 0.6) is 11.5 Å². The number of benzene rings is 3. The zero-order chi connectivity index (χ0) is 22.0. The van der Waals surface area contributed by atoms with Crippen LogP contribution in [0.3, 0.4) is 0 Å². The molecule has 3 aromatic carbocycles. The topological polar surface area (TPSA) is 87.1 Å². The molecule has 1 aliphatic heterocycles. The monoisotopic (exact) mass is 415 g/mol. The van der Waals surface area contributed by atoms with Crippen molar-refractivity contribution >= 4 is 23.1 Å². The van der Waals surface area contributed by atoms with Gasteiger partial charge in [0.05, 0.1) is 23.9 Å². The van der Waals surface area contributed by atoms with E-state index in [1.165, 1.54) is 11.0 Å². The van der Waals surface area contributed by atoms with E-state index < -0.39 is 17.7 Å². The van der Waals surface area contributed by atoms with Gasteiger partial charge in [-0.05, 0) is 48.9 Å². The number of Topliss-reactive ketones (excluding diaryl/α,β-unsaturated/α-hetero) is 1. The maximum Gasteiger partial charge on any atom is 0.300 e. The second-order valence-corrected chi connectivity index (χ2v) is 7.03. The van der Waals surface area contributed by atoms with Gasteiger partial charge in [0.2, 0.25) is 0 Å². The molecule has 0 radical (unpaired) electrons. The van der Waals surface area contributed by atoms with Crippen LogP contribution >= 0.6 is 0 Å². The Morgan fingerprint density at radius 1 is 0.935 bits per heavy atom. The molecule has 4 rings (SSSR count). The van der Waals surface area contributed by atoms with Crippen LogP contribution < -0.4 is 9.64 Å². The number of ether oxygens (including phenoxy) is 1. The fraction of sp³-hybridized carbons (Fsp3) is 0.120. The van der Waals surface area contributed by atoms with Gasteiger partial charge in [-0.1, -0.05) is 42.5 Å². The Labute approximate surface area is 179 Å². The van der Waals surface area contributed by atoms with Crippen molar-refractivity contribution in [2.75, 3.05) is 11.5 Å². The van der Waals surface area contributed by atoms with E-state index in [4.69, 9.17) is 4.74 Å². The zero-order valence-electron chi connectivity index (χ0n) is 16.9. The normalized spacial score (nSPS) is 17.7. The number of nitrogens with zero attached hydrogens (tertiary/aromatic N) is 1. The number of aromatic hydroxyl groups is 1. The summed E-state index contributed by atoms with van der Waals surface area (Å²) in [4.78, 5) is 27.3. The number of para-hydroxylation sites is 2. The molecule has 1 atom stereocenters. The van der Waals surface area contributed by atoms with Crippen LogP contribution in [0.4, 0.5) is 5.69 Å². The van der Waals surface area contributed by atoms with E-state index in [1.54, 1.807) is 66.7 Å². The molecule has 1 amide bonds. The quantitative estimate of drug-likeness (QED) is 0.366. The van der Waals surface area contributed by atoms with E-state index >= 15 is 0 Å². The second-order valence-electron chi connectivity index (χ2n) is 7.03. The Morgan fingerprint density at radius 3 is 2.23 bits per heavy atom.